The van der Waals surface area contributed by atoms with Crippen molar-refractivity contribution < 1.29 is 0 Å². The highest BCUT2D eigenvalue weighted by Crippen LogP contribution is 2.39. The number of hydrogen-bond donors (Lipinski definition) is 0. The van der Waals surface area contributed by atoms with E-state index >= 15 is 0 Å². The van der Waals surface area contributed by atoms with Gasteiger partial charge in [-0.2, -0.15) is 5.26 Å². The van der Waals surface area contributed by atoms with Gasteiger partial charge in [0.25, 0.3) is 0 Å². The summed E-state index contributed by atoms with van der Waals surface area (Å²) in [4.78, 5) is 9.06. The van der Waals surface area contributed by atoms with Gasteiger partial charge in [0.05, 0.1) is 41.2 Å². The zero-order valence-electron chi connectivity index (χ0n) is 13.5. The fourth-order valence-electron chi connectivity index (χ4n) is 3.13. The summed E-state index contributed by atoms with van der Waals surface area (Å²) in [5, 5.41) is 8.93. The topological polar surface area (TPSA) is 58.9 Å². The first-order chi connectivity index (χ1) is 12.3. The van der Waals surface area contributed by atoms with Gasteiger partial charge in [0.1, 0.15) is 5.65 Å². The molecule has 1 fully saturated rings. The minimum absolute atomic E-state index is 0.652. The van der Waals surface area contributed by atoms with Crippen LogP contribution in [0.4, 0.5) is 0 Å². The molecule has 0 amide bonds. The van der Waals surface area contributed by atoms with E-state index in [1.165, 1.54) is 18.5 Å². The fraction of sp³-hybridized carbons (Fsp3) is 0.150. The number of pyridine rings is 1. The van der Waals surface area contributed by atoms with Crippen LogP contribution in [-0.2, 0) is 0 Å². The monoisotopic (exact) mass is 325 g/mol. The van der Waals surface area contributed by atoms with Gasteiger partial charge in [0, 0.05) is 29.9 Å². The Morgan fingerprint density at radius 1 is 1.08 bits per heavy atom. The van der Waals surface area contributed by atoms with Crippen molar-refractivity contribution in [2.75, 3.05) is 0 Å². The van der Waals surface area contributed by atoms with Crippen LogP contribution in [0.5, 0.6) is 0 Å². The first-order valence-corrected chi connectivity index (χ1v) is 8.34. The maximum absolute atomic E-state index is 8.93. The molecule has 5 heteroatoms. The number of nitriles is 1. The summed E-state index contributed by atoms with van der Waals surface area (Å²) in [6.45, 7) is 0. The maximum atomic E-state index is 8.93. The molecule has 1 aliphatic carbocycles. The molecule has 5 nitrogen and oxygen atoms in total. The predicted molar refractivity (Wildman–Crippen MR) is 94.4 cm³/mol. The lowest BCUT2D eigenvalue weighted by molar-refractivity contribution is 1.04. The Balaban J connectivity index is 1.53. The normalized spacial score (nSPS) is 13.9. The zero-order chi connectivity index (χ0) is 16.8. The third-order valence-electron chi connectivity index (χ3n) is 4.70. The summed E-state index contributed by atoms with van der Waals surface area (Å²) in [7, 11) is 0. The molecule has 3 aromatic heterocycles. The minimum atomic E-state index is 0.652. The predicted octanol–water partition coefficient (Wildman–Crippen LogP) is 3.94. The number of benzene rings is 1. The summed E-state index contributed by atoms with van der Waals surface area (Å²) < 4.78 is 4.12. The van der Waals surface area contributed by atoms with Crippen molar-refractivity contribution in [1.29, 1.82) is 5.26 Å². The van der Waals surface area contributed by atoms with Crippen LogP contribution >= 0.6 is 0 Å². The highest BCUT2D eigenvalue weighted by Gasteiger charge is 2.25. The minimum Gasteiger partial charge on any atom is -0.306 e. The van der Waals surface area contributed by atoms with Gasteiger partial charge in [0.2, 0.25) is 0 Å². The van der Waals surface area contributed by atoms with Crippen molar-refractivity contribution in [3.8, 4) is 23.0 Å². The second kappa shape index (κ2) is 5.32. The average molecular weight is 325 g/mol. The smallest absolute Gasteiger partial charge is 0.139 e. The lowest BCUT2D eigenvalue weighted by Gasteiger charge is -2.05. The molecule has 25 heavy (non-hydrogen) atoms. The Hall–Kier alpha value is -3.39. The molecule has 0 N–H and O–H groups in total. The zero-order valence-corrected chi connectivity index (χ0v) is 13.5. The molecule has 1 aliphatic rings. The number of nitrogens with zero attached hydrogens (tertiary/aromatic N) is 5. The van der Waals surface area contributed by atoms with Crippen LogP contribution in [0, 0.1) is 11.3 Å². The Morgan fingerprint density at radius 3 is 2.68 bits per heavy atom. The fourth-order valence-corrected chi connectivity index (χ4v) is 3.13. The number of aromatic nitrogens is 4. The molecule has 120 valence electrons. The molecule has 0 spiro atoms. The van der Waals surface area contributed by atoms with Crippen LogP contribution in [-0.4, -0.2) is 18.9 Å². The quantitative estimate of drug-likeness (QED) is 0.573. The van der Waals surface area contributed by atoms with Gasteiger partial charge in [-0.15, -0.1) is 0 Å². The highest BCUT2D eigenvalue weighted by atomic mass is 15.1. The Bertz CT molecular complexity index is 1110. The van der Waals surface area contributed by atoms with E-state index in [0.29, 0.717) is 11.5 Å². The second-order valence-electron chi connectivity index (χ2n) is 6.43. The Labute approximate surface area is 144 Å². The summed E-state index contributed by atoms with van der Waals surface area (Å²) in [5.74, 6) is 0.652. The van der Waals surface area contributed by atoms with Crippen LogP contribution in [0.15, 0.2) is 61.3 Å². The third kappa shape index (κ3) is 2.39. The van der Waals surface area contributed by atoms with Crippen LogP contribution in [0.3, 0.4) is 0 Å². The molecule has 3 heterocycles. The van der Waals surface area contributed by atoms with E-state index in [1.807, 2.05) is 43.0 Å². The Morgan fingerprint density at radius 2 is 1.92 bits per heavy atom. The van der Waals surface area contributed by atoms with Crippen molar-refractivity contribution in [2.24, 2.45) is 0 Å². The summed E-state index contributed by atoms with van der Waals surface area (Å²) >= 11 is 0. The van der Waals surface area contributed by atoms with Crippen molar-refractivity contribution in [3.63, 3.8) is 0 Å². The van der Waals surface area contributed by atoms with Crippen LogP contribution < -0.4 is 0 Å². The number of rotatable bonds is 3. The molecule has 0 bridgehead atoms. The van der Waals surface area contributed by atoms with Crippen LogP contribution in [0.25, 0.3) is 22.6 Å². The third-order valence-corrected chi connectivity index (χ3v) is 4.70. The van der Waals surface area contributed by atoms with Gasteiger partial charge < -0.3 is 4.57 Å². The number of fused-ring (bicyclic) bond motifs is 1. The molecule has 1 aromatic carbocycles. The summed E-state index contributed by atoms with van der Waals surface area (Å²) in [6.07, 6.45) is 10.4. The van der Waals surface area contributed by atoms with Crippen molar-refractivity contribution in [3.05, 3.63) is 72.6 Å². The van der Waals surface area contributed by atoms with Gasteiger partial charge in [-0.3, -0.25) is 4.40 Å². The molecule has 0 radical (unpaired) electrons. The van der Waals surface area contributed by atoms with E-state index in [4.69, 9.17) is 5.26 Å². The number of hydrogen-bond acceptors (Lipinski definition) is 3. The van der Waals surface area contributed by atoms with E-state index in [1.54, 1.807) is 0 Å². The maximum Gasteiger partial charge on any atom is 0.139 e. The van der Waals surface area contributed by atoms with E-state index in [9.17, 15) is 0 Å². The molecule has 1 saturated carbocycles. The number of imidazole rings is 2. The van der Waals surface area contributed by atoms with Gasteiger partial charge in [0.15, 0.2) is 0 Å². The summed E-state index contributed by atoms with van der Waals surface area (Å²) in [5.41, 5.74) is 5.84. The molecule has 0 saturated heterocycles. The molecule has 0 atom stereocenters. The van der Waals surface area contributed by atoms with E-state index in [0.717, 1.165) is 22.6 Å². The van der Waals surface area contributed by atoms with Crippen molar-refractivity contribution in [2.45, 2.75) is 18.8 Å². The molecule has 4 aromatic rings. The van der Waals surface area contributed by atoms with Crippen molar-refractivity contribution in [1.82, 2.24) is 18.9 Å². The molecular formula is C20H15N5. The van der Waals surface area contributed by atoms with E-state index in [2.05, 4.69) is 43.3 Å². The highest BCUT2D eigenvalue weighted by molar-refractivity contribution is 5.65. The molecular weight excluding hydrogens is 310 g/mol. The van der Waals surface area contributed by atoms with Gasteiger partial charge in [-0.25, -0.2) is 9.97 Å². The molecule has 5 rings (SSSR count). The van der Waals surface area contributed by atoms with Gasteiger partial charge in [-0.05, 0) is 31.0 Å². The van der Waals surface area contributed by atoms with E-state index < -0.39 is 0 Å². The summed E-state index contributed by atoms with van der Waals surface area (Å²) in [6, 6.07) is 13.8. The lowest BCUT2D eigenvalue weighted by atomic mass is 10.1. The molecule has 0 unspecified atom stereocenters. The SMILES string of the molecule is N#Cc1ccc(-c2cnc3cc(-n4cnc(C5CC5)c4)ccn23)cc1. The largest absolute Gasteiger partial charge is 0.306 e. The van der Waals surface area contributed by atoms with Gasteiger partial charge in [-0.1, -0.05) is 12.1 Å². The van der Waals surface area contributed by atoms with E-state index in [-0.39, 0.29) is 0 Å². The first-order valence-electron chi connectivity index (χ1n) is 8.34. The average Bonchev–Trinajstić information content (AvgIpc) is 3.24. The Kier molecular flexibility index (Phi) is 2.98. The van der Waals surface area contributed by atoms with Crippen LogP contribution in [0.1, 0.15) is 30.0 Å². The van der Waals surface area contributed by atoms with Gasteiger partial charge >= 0.3 is 0 Å². The lowest BCUT2D eigenvalue weighted by Crippen LogP contribution is -1.94. The molecule has 0 aliphatic heterocycles. The standard InChI is InChI=1S/C20H15N5/c21-10-14-1-3-16(4-2-14)19-11-22-20-9-17(7-8-25(19)20)24-12-18(23-13-24)15-5-6-15/h1-4,7-9,11-13,15H,5-6H2. The van der Waals surface area contributed by atoms with Crippen molar-refractivity contribution >= 4 is 5.65 Å². The second-order valence-corrected chi connectivity index (χ2v) is 6.43. The van der Waals surface area contributed by atoms with Crippen LogP contribution in [0.2, 0.25) is 0 Å². The first kappa shape index (κ1) is 14.0.